The van der Waals surface area contributed by atoms with Gasteiger partial charge in [0, 0.05) is 22.3 Å². The highest BCUT2D eigenvalue weighted by molar-refractivity contribution is 5.84. The Morgan fingerprint density at radius 1 is 0.341 bits per heavy atom. The molecule has 4 aromatic carbocycles. The van der Waals surface area contributed by atoms with E-state index in [1.165, 1.54) is 20.8 Å². The third kappa shape index (κ3) is 16.4. The highest BCUT2D eigenvalue weighted by Gasteiger charge is 2.51. The number of ether oxygens (including phenoxy) is 15. The molecule has 0 spiro atoms. The van der Waals surface area contributed by atoms with Gasteiger partial charge in [0.15, 0.2) is 25.2 Å². The van der Waals surface area contributed by atoms with Crippen LogP contribution in [-0.4, -0.2) is 141 Å². The minimum absolute atomic E-state index is 0.0727. The number of rotatable bonds is 25. The van der Waals surface area contributed by atoms with Crippen molar-refractivity contribution in [1.82, 2.24) is 0 Å². The Morgan fingerprint density at radius 2 is 0.534 bits per heavy atom. The number of hydrogen-bond acceptors (Lipinski definition) is 22. The van der Waals surface area contributed by atoms with Crippen molar-refractivity contribution < 1.29 is 105 Å². The quantitative estimate of drug-likeness (QED) is 0.0447. The van der Waals surface area contributed by atoms with Crippen LogP contribution in [0, 0.1) is 37.9 Å². The third-order valence-electron chi connectivity index (χ3n) is 15.7. The maximum Gasteiger partial charge on any atom is 0.318 e. The fourth-order valence-corrected chi connectivity index (χ4v) is 9.36. The van der Waals surface area contributed by atoms with Gasteiger partial charge >= 0.3 is 41.8 Å². The molecule has 4 aliphatic heterocycles. The second kappa shape index (κ2) is 29.0. The summed E-state index contributed by atoms with van der Waals surface area (Å²) in [6, 6.07) is 36.6. The highest BCUT2D eigenvalue weighted by Crippen LogP contribution is 2.39. The Bertz CT molecular complexity index is 2620. The Labute approximate surface area is 512 Å². The van der Waals surface area contributed by atoms with Crippen molar-refractivity contribution in [1.29, 1.82) is 0 Å². The van der Waals surface area contributed by atoms with E-state index < -0.39 is 144 Å². The summed E-state index contributed by atoms with van der Waals surface area (Å²) in [5.41, 5.74) is -8.26. The predicted molar refractivity (Wildman–Crippen MR) is 308 cm³/mol. The molecule has 0 saturated carbocycles. The van der Waals surface area contributed by atoms with Crippen molar-refractivity contribution in [3.8, 4) is 0 Å². The Balaban J connectivity index is 0.970. The molecule has 22 nitrogen and oxygen atoms in total. The van der Waals surface area contributed by atoms with Gasteiger partial charge in [0.05, 0.1) is 59.5 Å². The third-order valence-corrected chi connectivity index (χ3v) is 15.7. The van der Waals surface area contributed by atoms with E-state index in [2.05, 4.69) is 0 Å². The van der Waals surface area contributed by atoms with Crippen molar-refractivity contribution in [2.24, 2.45) is 37.9 Å². The lowest BCUT2D eigenvalue weighted by molar-refractivity contribution is -0.240. The second-order valence-corrected chi connectivity index (χ2v) is 25.0. The van der Waals surface area contributed by atoms with Crippen LogP contribution in [0.5, 0.6) is 0 Å². The molecule has 0 amide bonds. The molecule has 0 aromatic heterocycles. The summed E-state index contributed by atoms with van der Waals surface area (Å²) >= 11 is 0. The molecular weight excluding hydrogens is 1140 g/mol. The molecule has 0 radical (unpaired) electrons. The average Bonchev–Trinajstić information content (AvgIpc) is 3.61. The highest BCUT2D eigenvalue weighted by atomic mass is 16.7. The first kappa shape index (κ1) is 66.8. The van der Waals surface area contributed by atoms with Crippen molar-refractivity contribution in [3.05, 3.63) is 144 Å². The van der Waals surface area contributed by atoms with E-state index in [4.69, 9.17) is 71.1 Å². The SMILES string of the molecule is CCCOC(=O)C(C)(COC(=O)C(C)(COC(=O)C1(C)COC(c2ccccc2)OC1)COC(=O)C1(C)COC(c2ccccc2)OC1)COC(=O)C(C)(COC(=O)C1(C)COC(c2ccccc2)OC1)COC(=O)C1(C)COC(c2ccccc2)OC1. The summed E-state index contributed by atoms with van der Waals surface area (Å²) in [6.45, 7) is 6.76. The lowest BCUT2D eigenvalue weighted by Crippen LogP contribution is -2.50. The van der Waals surface area contributed by atoms with Crippen LogP contribution in [0.4, 0.5) is 0 Å². The van der Waals surface area contributed by atoms with E-state index in [1.807, 2.05) is 121 Å². The molecule has 88 heavy (non-hydrogen) atoms. The summed E-state index contributed by atoms with van der Waals surface area (Å²) in [7, 11) is 0. The molecule has 22 heteroatoms. The Kier molecular flexibility index (Phi) is 22.0. The zero-order valence-electron chi connectivity index (χ0n) is 51.2. The van der Waals surface area contributed by atoms with Crippen molar-refractivity contribution >= 4 is 41.8 Å². The smallest absolute Gasteiger partial charge is 0.318 e. The van der Waals surface area contributed by atoms with Crippen molar-refractivity contribution in [2.75, 3.05) is 99.1 Å². The van der Waals surface area contributed by atoms with Gasteiger partial charge in [0.25, 0.3) is 0 Å². The molecule has 4 aromatic rings. The van der Waals surface area contributed by atoms with Crippen LogP contribution in [0.15, 0.2) is 121 Å². The number of benzene rings is 4. The van der Waals surface area contributed by atoms with Crippen LogP contribution in [0.2, 0.25) is 0 Å². The minimum Gasteiger partial charge on any atom is -0.465 e. The van der Waals surface area contributed by atoms with Gasteiger partial charge in [-0.1, -0.05) is 128 Å². The van der Waals surface area contributed by atoms with Gasteiger partial charge in [-0.15, -0.1) is 0 Å². The van der Waals surface area contributed by atoms with E-state index in [0.29, 0.717) is 6.42 Å². The first-order valence-corrected chi connectivity index (χ1v) is 29.3. The predicted octanol–water partition coefficient (Wildman–Crippen LogP) is 8.23. The Hall–Kier alpha value is -7.15. The summed E-state index contributed by atoms with van der Waals surface area (Å²) in [6.07, 6.45) is -2.59. The Morgan fingerprint density at radius 3 is 0.739 bits per heavy atom. The number of esters is 7. The fraction of sp³-hybridized carbons (Fsp3) is 0.530. The molecular formula is C66H80O22. The van der Waals surface area contributed by atoms with Gasteiger partial charge in [-0.25, -0.2) is 0 Å². The van der Waals surface area contributed by atoms with Crippen molar-refractivity contribution in [2.45, 2.75) is 87.0 Å². The molecule has 476 valence electrons. The molecule has 8 rings (SSSR count). The molecule has 4 aliphatic rings. The van der Waals surface area contributed by atoms with Crippen LogP contribution >= 0.6 is 0 Å². The molecule has 0 aliphatic carbocycles. The normalized spacial score (nSPS) is 27.5. The number of carbonyl (C=O) groups excluding carboxylic acids is 7. The van der Waals surface area contributed by atoms with Gasteiger partial charge in [-0.2, -0.15) is 0 Å². The van der Waals surface area contributed by atoms with Crippen LogP contribution in [0.1, 0.15) is 109 Å². The number of carbonyl (C=O) groups is 7. The van der Waals surface area contributed by atoms with Crippen LogP contribution in [0.3, 0.4) is 0 Å². The topological polar surface area (TPSA) is 258 Å². The van der Waals surface area contributed by atoms with Gasteiger partial charge in [-0.05, 0) is 54.9 Å². The second-order valence-electron chi connectivity index (χ2n) is 25.0. The maximum atomic E-state index is 14.7. The van der Waals surface area contributed by atoms with E-state index >= 15 is 0 Å². The lowest BCUT2D eigenvalue weighted by atomic mass is 9.89. The van der Waals surface area contributed by atoms with Gasteiger partial charge in [0.1, 0.15) is 77.5 Å². The zero-order valence-corrected chi connectivity index (χ0v) is 51.2. The molecule has 4 heterocycles. The minimum atomic E-state index is -1.96. The van der Waals surface area contributed by atoms with Gasteiger partial charge < -0.3 is 71.1 Å². The fourth-order valence-electron chi connectivity index (χ4n) is 9.36. The maximum absolute atomic E-state index is 14.7. The van der Waals surface area contributed by atoms with E-state index in [0.717, 1.165) is 22.3 Å². The summed E-state index contributed by atoms with van der Waals surface area (Å²) in [5, 5.41) is 0. The summed E-state index contributed by atoms with van der Waals surface area (Å²) < 4.78 is 88.3. The van der Waals surface area contributed by atoms with Crippen molar-refractivity contribution in [3.63, 3.8) is 0 Å². The standard InChI is InChI=1S/C66H80O22/c1-9-30-74-53(67)64(6,39-83-58(72)65(7,41-85-54(68)60(2)31-75-49(76-32-60)45-22-14-10-15-23-45)42-86-55(69)61(3)33-77-50(78-34-61)46-24-16-11-17-25-46)40-84-59(73)66(8,43-87-56(70)62(4)35-79-51(80-36-62)47-26-18-12-19-27-47)44-88-57(71)63(5)37-81-52(82-38-63)48-28-20-13-21-29-48/h10-29,49-52H,9,30-44H2,1-8H3. The first-order chi connectivity index (χ1) is 41.9. The van der Waals surface area contributed by atoms with Gasteiger partial charge in [0.2, 0.25) is 0 Å². The van der Waals surface area contributed by atoms with Crippen LogP contribution < -0.4 is 0 Å². The van der Waals surface area contributed by atoms with Crippen LogP contribution in [0.25, 0.3) is 0 Å². The van der Waals surface area contributed by atoms with Crippen LogP contribution in [-0.2, 0) is 105 Å². The molecule has 0 bridgehead atoms. The summed E-state index contributed by atoms with van der Waals surface area (Å²) in [5.74, 6) is -6.31. The summed E-state index contributed by atoms with van der Waals surface area (Å²) in [4.78, 5) is 99.4. The molecule has 0 N–H and O–H groups in total. The largest absolute Gasteiger partial charge is 0.465 e. The lowest BCUT2D eigenvalue weighted by Gasteiger charge is -2.38. The molecule has 4 fully saturated rings. The molecule has 4 saturated heterocycles. The monoisotopic (exact) mass is 1220 g/mol. The average molecular weight is 1230 g/mol. The van der Waals surface area contributed by atoms with E-state index in [9.17, 15) is 33.6 Å². The van der Waals surface area contributed by atoms with E-state index in [-0.39, 0.29) is 59.5 Å². The zero-order chi connectivity index (χ0) is 63.2. The van der Waals surface area contributed by atoms with E-state index in [1.54, 1.807) is 34.6 Å². The number of hydrogen-bond donors (Lipinski definition) is 0. The molecule has 0 unspecified atom stereocenters. The first-order valence-electron chi connectivity index (χ1n) is 29.3. The molecule has 0 atom stereocenters. The van der Waals surface area contributed by atoms with Gasteiger partial charge in [-0.3, -0.25) is 33.6 Å².